The molecule has 0 saturated carbocycles. The van der Waals surface area contributed by atoms with E-state index < -0.39 is 17.8 Å². The van der Waals surface area contributed by atoms with Crippen LogP contribution in [-0.2, 0) is 27.3 Å². The van der Waals surface area contributed by atoms with Crippen LogP contribution in [0.1, 0.15) is 45.2 Å². The van der Waals surface area contributed by atoms with E-state index in [2.05, 4.69) is 11.4 Å². The van der Waals surface area contributed by atoms with Crippen molar-refractivity contribution in [1.82, 2.24) is 4.90 Å². The van der Waals surface area contributed by atoms with Crippen molar-refractivity contribution in [3.05, 3.63) is 106 Å². The molecule has 8 nitrogen and oxygen atoms in total. The van der Waals surface area contributed by atoms with Crippen LogP contribution in [0.15, 0.2) is 83.5 Å². The molecule has 0 atom stereocenters. The Kier molecular flexibility index (Phi) is 7.47. The molecule has 5 rings (SSSR count). The number of anilines is 2. The fraction of sp³-hybridized carbons (Fsp3) is 0.200. The number of ether oxygens (including phenoxy) is 1. The quantitative estimate of drug-likeness (QED) is 0.337. The number of esters is 1. The van der Waals surface area contributed by atoms with Gasteiger partial charge in [0, 0.05) is 24.3 Å². The maximum atomic E-state index is 13.1. The zero-order chi connectivity index (χ0) is 27.5. The van der Waals surface area contributed by atoms with Crippen molar-refractivity contribution >= 4 is 46.7 Å². The van der Waals surface area contributed by atoms with Crippen molar-refractivity contribution < 1.29 is 23.9 Å². The molecule has 198 valence electrons. The average molecular weight is 544 g/mol. The molecule has 3 aromatic rings. The van der Waals surface area contributed by atoms with E-state index in [1.165, 1.54) is 29.8 Å². The van der Waals surface area contributed by atoms with Crippen LogP contribution in [0.3, 0.4) is 0 Å². The van der Waals surface area contributed by atoms with Gasteiger partial charge in [-0.15, -0.1) is 0 Å². The van der Waals surface area contributed by atoms with E-state index in [1.54, 1.807) is 24.3 Å². The van der Waals surface area contributed by atoms with Crippen LogP contribution in [0.2, 0.25) is 0 Å². The minimum absolute atomic E-state index is 0.0696. The summed E-state index contributed by atoms with van der Waals surface area (Å²) in [5, 5.41) is 2.67. The number of carbonyl (C=O) groups excluding carboxylic acids is 4. The summed E-state index contributed by atoms with van der Waals surface area (Å²) < 4.78 is 5.11. The first-order valence-electron chi connectivity index (χ1n) is 12.7. The number of imide groups is 1. The topological polar surface area (TPSA) is 96.0 Å². The van der Waals surface area contributed by atoms with Gasteiger partial charge in [0.05, 0.1) is 17.9 Å². The Bertz CT molecular complexity index is 1480. The van der Waals surface area contributed by atoms with Crippen molar-refractivity contribution in [3.8, 4) is 0 Å². The van der Waals surface area contributed by atoms with E-state index >= 15 is 0 Å². The summed E-state index contributed by atoms with van der Waals surface area (Å²) >= 11 is 6.25. The summed E-state index contributed by atoms with van der Waals surface area (Å²) in [6.07, 6.45) is 1.51. The zero-order valence-electron chi connectivity index (χ0n) is 21.3. The third-order valence-corrected chi connectivity index (χ3v) is 7.00. The number of fused-ring (bicyclic) bond motifs is 1. The van der Waals surface area contributed by atoms with Crippen LogP contribution in [0.4, 0.5) is 11.4 Å². The van der Waals surface area contributed by atoms with E-state index in [4.69, 9.17) is 16.3 Å². The number of carbonyl (C=O) groups is 4. The van der Waals surface area contributed by atoms with Gasteiger partial charge < -0.3 is 15.0 Å². The maximum Gasteiger partial charge on any atom is 0.338 e. The number of nitrogens with one attached hydrogen (secondary N) is 1. The van der Waals surface area contributed by atoms with Gasteiger partial charge in [-0.3, -0.25) is 14.4 Å². The van der Waals surface area contributed by atoms with Gasteiger partial charge in [0.2, 0.25) is 0 Å². The third kappa shape index (κ3) is 5.28. The monoisotopic (exact) mass is 543 g/mol. The fourth-order valence-electron chi connectivity index (χ4n) is 4.56. The zero-order valence-corrected chi connectivity index (χ0v) is 22.0. The average Bonchev–Trinajstić information content (AvgIpc) is 3.18. The van der Waals surface area contributed by atoms with Crippen LogP contribution in [-0.4, -0.2) is 41.7 Å². The van der Waals surface area contributed by atoms with Crippen molar-refractivity contribution in [2.75, 3.05) is 23.4 Å². The molecular formula is C30H26ClN3O5. The second-order valence-corrected chi connectivity index (χ2v) is 9.64. The molecule has 0 bridgehead atoms. The Labute approximate surface area is 230 Å². The molecule has 0 saturated heterocycles. The lowest BCUT2D eigenvalue weighted by Crippen LogP contribution is -2.35. The molecule has 0 fully saturated rings. The summed E-state index contributed by atoms with van der Waals surface area (Å²) in [7, 11) is 0. The molecule has 3 aromatic carbocycles. The van der Waals surface area contributed by atoms with Crippen LogP contribution in [0.5, 0.6) is 0 Å². The van der Waals surface area contributed by atoms with Crippen molar-refractivity contribution in [1.29, 1.82) is 0 Å². The second kappa shape index (κ2) is 11.1. The molecule has 2 aliphatic rings. The van der Waals surface area contributed by atoms with Crippen molar-refractivity contribution in [2.24, 2.45) is 0 Å². The molecule has 2 heterocycles. The van der Waals surface area contributed by atoms with Gasteiger partial charge in [0.1, 0.15) is 10.7 Å². The van der Waals surface area contributed by atoms with Gasteiger partial charge >= 0.3 is 5.97 Å². The highest BCUT2D eigenvalue weighted by Crippen LogP contribution is 2.30. The highest BCUT2D eigenvalue weighted by Gasteiger charge is 2.39. The van der Waals surface area contributed by atoms with Crippen LogP contribution in [0, 0.1) is 0 Å². The van der Waals surface area contributed by atoms with E-state index in [-0.39, 0.29) is 22.3 Å². The van der Waals surface area contributed by atoms with Crippen molar-refractivity contribution in [2.45, 2.75) is 26.3 Å². The van der Waals surface area contributed by atoms with Crippen molar-refractivity contribution in [3.63, 3.8) is 0 Å². The standard InChI is InChI=1S/C30H26ClN3O5/c1-2-17-39-30(38)21-9-13-24(14-10-21)34-28(36)25(31)26(29(34)37)32-23-11-7-20(8-12-23)27(35)33-16-15-19-5-3-4-6-22(19)18-33/h3-14,32H,2,15-18H2,1H3. The molecule has 1 N–H and O–H groups in total. The Morgan fingerprint density at radius 1 is 0.897 bits per heavy atom. The number of hydrogen-bond acceptors (Lipinski definition) is 6. The van der Waals surface area contributed by atoms with E-state index in [9.17, 15) is 19.2 Å². The lowest BCUT2D eigenvalue weighted by atomic mass is 9.99. The SMILES string of the molecule is CCCOC(=O)c1ccc(N2C(=O)C(Cl)=C(Nc3ccc(C(=O)N4CCc5ccccc5C4)cc3)C2=O)cc1. The predicted octanol–water partition coefficient (Wildman–Crippen LogP) is 4.89. The first kappa shape index (κ1) is 26.2. The van der Waals surface area contributed by atoms with Gasteiger partial charge in [-0.1, -0.05) is 42.8 Å². The lowest BCUT2D eigenvalue weighted by molar-refractivity contribution is -0.120. The molecular weight excluding hydrogens is 518 g/mol. The summed E-state index contributed by atoms with van der Waals surface area (Å²) in [4.78, 5) is 53.8. The number of benzene rings is 3. The molecule has 0 radical (unpaired) electrons. The lowest BCUT2D eigenvalue weighted by Gasteiger charge is -2.29. The molecule has 0 aliphatic carbocycles. The van der Waals surface area contributed by atoms with E-state index in [1.807, 2.05) is 30.0 Å². The third-order valence-electron chi connectivity index (χ3n) is 6.64. The maximum absolute atomic E-state index is 13.1. The molecule has 39 heavy (non-hydrogen) atoms. The highest BCUT2D eigenvalue weighted by molar-refractivity contribution is 6.53. The van der Waals surface area contributed by atoms with Crippen LogP contribution < -0.4 is 10.2 Å². The number of hydrogen-bond donors (Lipinski definition) is 1. The Balaban J connectivity index is 1.25. The molecule has 0 aromatic heterocycles. The molecule has 0 spiro atoms. The molecule has 2 aliphatic heterocycles. The highest BCUT2D eigenvalue weighted by atomic mass is 35.5. The number of rotatable bonds is 7. The number of amides is 3. The summed E-state index contributed by atoms with van der Waals surface area (Å²) in [6.45, 7) is 3.41. The number of nitrogens with zero attached hydrogens (tertiary/aromatic N) is 2. The van der Waals surface area contributed by atoms with Gasteiger partial charge in [-0.05, 0) is 72.5 Å². The van der Waals surface area contributed by atoms with Crippen LogP contribution in [0.25, 0.3) is 0 Å². The van der Waals surface area contributed by atoms with E-state index in [0.717, 1.165) is 16.9 Å². The first-order valence-corrected chi connectivity index (χ1v) is 13.0. The Morgan fingerprint density at radius 3 is 2.26 bits per heavy atom. The van der Waals surface area contributed by atoms with Gasteiger partial charge in [-0.2, -0.15) is 0 Å². The molecule has 0 unspecified atom stereocenters. The second-order valence-electron chi connectivity index (χ2n) is 9.27. The minimum Gasteiger partial charge on any atom is -0.462 e. The largest absolute Gasteiger partial charge is 0.462 e. The first-order chi connectivity index (χ1) is 18.9. The van der Waals surface area contributed by atoms with Crippen LogP contribution >= 0.6 is 11.6 Å². The van der Waals surface area contributed by atoms with Gasteiger partial charge in [0.15, 0.2) is 0 Å². The summed E-state index contributed by atoms with van der Waals surface area (Å²) in [5.41, 5.74) is 3.95. The van der Waals surface area contributed by atoms with Gasteiger partial charge in [-0.25, -0.2) is 9.69 Å². The Hall–Kier alpha value is -4.43. The van der Waals surface area contributed by atoms with Gasteiger partial charge in [0.25, 0.3) is 17.7 Å². The van der Waals surface area contributed by atoms with E-state index in [0.29, 0.717) is 42.9 Å². The predicted molar refractivity (Wildman–Crippen MR) is 147 cm³/mol. The minimum atomic E-state index is -0.678. The summed E-state index contributed by atoms with van der Waals surface area (Å²) in [6, 6.07) is 20.8. The number of halogens is 1. The Morgan fingerprint density at radius 2 is 1.56 bits per heavy atom. The fourth-order valence-corrected chi connectivity index (χ4v) is 4.78. The summed E-state index contributed by atoms with van der Waals surface area (Å²) in [5.74, 6) is -1.86. The molecule has 9 heteroatoms. The normalized spacial score (nSPS) is 14.9. The molecule has 3 amide bonds. The smallest absolute Gasteiger partial charge is 0.338 e.